The maximum absolute atomic E-state index is 12.0. The number of aliphatic hydroxyl groups is 1. The molecule has 1 aromatic rings. The predicted octanol–water partition coefficient (Wildman–Crippen LogP) is 1.75. The van der Waals surface area contributed by atoms with Gasteiger partial charge in [-0.2, -0.15) is 0 Å². The van der Waals surface area contributed by atoms with Crippen molar-refractivity contribution >= 4 is 11.6 Å². The van der Waals surface area contributed by atoms with Crippen LogP contribution in [0.4, 0.5) is 5.69 Å². The summed E-state index contributed by atoms with van der Waals surface area (Å²) in [5, 5.41) is 9.75. The Balaban J connectivity index is 1.96. The number of rotatable bonds is 2. The van der Waals surface area contributed by atoms with Crippen molar-refractivity contribution in [2.24, 2.45) is 0 Å². The summed E-state index contributed by atoms with van der Waals surface area (Å²) in [6.07, 6.45) is 1.87. The number of amides is 1. The van der Waals surface area contributed by atoms with E-state index in [9.17, 15) is 9.90 Å². The van der Waals surface area contributed by atoms with Gasteiger partial charge in [0, 0.05) is 18.8 Å². The molecule has 104 valence electrons. The number of hydrogen-bond donors (Lipinski definition) is 2. The van der Waals surface area contributed by atoms with Crippen LogP contribution < -0.4 is 5.73 Å². The molecule has 1 saturated heterocycles. The van der Waals surface area contributed by atoms with E-state index in [0.717, 1.165) is 18.5 Å². The number of anilines is 1. The zero-order valence-corrected chi connectivity index (χ0v) is 11.6. The van der Waals surface area contributed by atoms with E-state index in [0.29, 0.717) is 19.0 Å². The zero-order chi connectivity index (χ0) is 14.0. The quantitative estimate of drug-likeness (QED) is 0.798. The number of nitrogens with two attached hydrogens (primary N) is 1. The average Bonchev–Trinajstić information content (AvgIpc) is 2.38. The third kappa shape index (κ3) is 3.26. The first-order valence-corrected chi connectivity index (χ1v) is 6.75. The summed E-state index contributed by atoms with van der Waals surface area (Å²) in [5.74, 6) is 0.301. The third-order valence-electron chi connectivity index (χ3n) is 3.71. The van der Waals surface area contributed by atoms with E-state index in [-0.39, 0.29) is 5.91 Å². The van der Waals surface area contributed by atoms with Crippen molar-refractivity contribution in [3.63, 3.8) is 0 Å². The molecule has 0 aliphatic carbocycles. The van der Waals surface area contributed by atoms with Crippen LogP contribution in [-0.2, 0) is 4.79 Å². The Hall–Kier alpha value is -1.55. The Morgan fingerprint density at radius 1 is 1.26 bits per heavy atom. The van der Waals surface area contributed by atoms with E-state index in [1.54, 1.807) is 18.7 Å². The van der Waals surface area contributed by atoms with E-state index in [1.165, 1.54) is 5.56 Å². The number of likely N-dealkylation sites (tertiary alicyclic amines) is 1. The number of benzene rings is 1. The van der Waals surface area contributed by atoms with Crippen molar-refractivity contribution in [1.29, 1.82) is 0 Å². The fourth-order valence-electron chi connectivity index (χ4n) is 2.57. The van der Waals surface area contributed by atoms with E-state index < -0.39 is 5.60 Å². The molecule has 19 heavy (non-hydrogen) atoms. The minimum absolute atomic E-state index is 0.178. The summed E-state index contributed by atoms with van der Waals surface area (Å²) in [7, 11) is 0. The Morgan fingerprint density at radius 2 is 1.79 bits per heavy atom. The van der Waals surface area contributed by atoms with E-state index in [1.807, 2.05) is 12.1 Å². The maximum atomic E-state index is 12.0. The minimum Gasteiger partial charge on any atom is -0.399 e. The molecule has 0 aromatic heterocycles. The number of nitrogen functional groups attached to an aromatic ring is 1. The minimum atomic E-state index is -1.27. The van der Waals surface area contributed by atoms with Gasteiger partial charge in [0.2, 0.25) is 0 Å². The lowest BCUT2D eigenvalue weighted by atomic mass is 9.89. The second-order valence-corrected chi connectivity index (χ2v) is 5.79. The second kappa shape index (κ2) is 5.21. The maximum Gasteiger partial charge on any atom is 0.253 e. The van der Waals surface area contributed by atoms with Crippen molar-refractivity contribution in [2.45, 2.75) is 38.2 Å². The van der Waals surface area contributed by atoms with Gasteiger partial charge in [-0.3, -0.25) is 4.79 Å². The van der Waals surface area contributed by atoms with E-state index in [4.69, 9.17) is 5.73 Å². The molecule has 0 radical (unpaired) electrons. The molecule has 2 rings (SSSR count). The fourth-order valence-corrected chi connectivity index (χ4v) is 2.57. The molecule has 1 fully saturated rings. The first kappa shape index (κ1) is 13.9. The highest BCUT2D eigenvalue weighted by Gasteiger charge is 2.32. The second-order valence-electron chi connectivity index (χ2n) is 5.79. The molecule has 0 spiro atoms. The molecule has 0 saturated carbocycles. The van der Waals surface area contributed by atoms with Gasteiger partial charge in [-0.25, -0.2) is 0 Å². The molecular weight excluding hydrogens is 240 g/mol. The van der Waals surface area contributed by atoms with Crippen LogP contribution in [0.2, 0.25) is 0 Å². The number of hydrogen-bond acceptors (Lipinski definition) is 3. The van der Waals surface area contributed by atoms with E-state index in [2.05, 4.69) is 12.1 Å². The molecule has 1 amide bonds. The molecule has 0 bridgehead atoms. The molecular formula is C15H22N2O2. The number of carbonyl (C=O) groups excluding carboxylic acids is 1. The first-order valence-electron chi connectivity index (χ1n) is 6.75. The number of carbonyl (C=O) groups is 1. The summed E-state index contributed by atoms with van der Waals surface area (Å²) in [4.78, 5) is 13.7. The third-order valence-corrected chi connectivity index (χ3v) is 3.71. The monoisotopic (exact) mass is 262 g/mol. The van der Waals surface area contributed by atoms with Crippen LogP contribution in [0.5, 0.6) is 0 Å². The lowest BCUT2D eigenvalue weighted by molar-refractivity contribution is -0.148. The largest absolute Gasteiger partial charge is 0.399 e. The predicted molar refractivity (Wildman–Crippen MR) is 75.7 cm³/mol. The van der Waals surface area contributed by atoms with Crippen LogP contribution in [0.3, 0.4) is 0 Å². The van der Waals surface area contributed by atoms with Gasteiger partial charge in [-0.1, -0.05) is 12.1 Å². The fraction of sp³-hybridized carbons (Fsp3) is 0.533. The van der Waals surface area contributed by atoms with Crippen LogP contribution in [0.15, 0.2) is 24.3 Å². The Morgan fingerprint density at radius 3 is 2.26 bits per heavy atom. The van der Waals surface area contributed by atoms with Gasteiger partial charge in [0.15, 0.2) is 0 Å². The summed E-state index contributed by atoms with van der Waals surface area (Å²) in [5.41, 5.74) is 6.47. The molecule has 1 heterocycles. The molecule has 0 atom stereocenters. The van der Waals surface area contributed by atoms with Gasteiger partial charge in [0.05, 0.1) is 0 Å². The van der Waals surface area contributed by atoms with E-state index >= 15 is 0 Å². The smallest absolute Gasteiger partial charge is 0.253 e. The van der Waals surface area contributed by atoms with Gasteiger partial charge in [0.25, 0.3) is 5.91 Å². The summed E-state index contributed by atoms with van der Waals surface area (Å²) >= 11 is 0. The van der Waals surface area contributed by atoms with Crippen molar-refractivity contribution in [3.05, 3.63) is 29.8 Å². The van der Waals surface area contributed by atoms with Crippen molar-refractivity contribution in [3.8, 4) is 0 Å². The summed E-state index contributed by atoms with van der Waals surface area (Å²) in [6.45, 7) is 4.50. The van der Waals surface area contributed by atoms with Crippen molar-refractivity contribution < 1.29 is 9.90 Å². The normalized spacial score (nSPS) is 17.5. The van der Waals surface area contributed by atoms with Crippen LogP contribution in [0.25, 0.3) is 0 Å². The molecule has 4 heteroatoms. The Labute approximate surface area is 114 Å². The van der Waals surface area contributed by atoms with Gasteiger partial charge >= 0.3 is 0 Å². The van der Waals surface area contributed by atoms with Gasteiger partial charge in [0.1, 0.15) is 5.60 Å². The molecule has 3 N–H and O–H groups in total. The standard InChI is InChI=1S/C15H22N2O2/c1-15(2,19)14(18)17-9-7-12(8-10-17)11-3-5-13(16)6-4-11/h3-6,12,19H,7-10,16H2,1-2H3. The summed E-state index contributed by atoms with van der Waals surface area (Å²) in [6, 6.07) is 7.97. The first-order chi connectivity index (χ1) is 8.88. The SMILES string of the molecule is CC(C)(O)C(=O)N1CCC(c2ccc(N)cc2)CC1. The average molecular weight is 262 g/mol. The highest BCUT2D eigenvalue weighted by molar-refractivity contribution is 5.84. The number of piperidine rings is 1. The van der Waals surface area contributed by atoms with Gasteiger partial charge < -0.3 is 15.7 Å². The zero-order valence-electron chi connectivity index (χ0n) is 11.6. The van der Waals surface area contributed by atoms with Crippen LogP contribution in [0.1, 0.15) is 38.2 Å². The molecule has 1 aromatic carbocycles. The topological polar surface area (TPSA) is 66.6 Å². The molecule has 1 aliphatic rings. The van der Waals surface area contributed by atoms with Gasteiger partial charge in [-0.05, 0) is 50.3 Å². The molecule has 1 aliphatic heterocycles. The highest BCUT2D eigenvalue weighted by atomic mass is 16.3. The highest BCUT2D eigenvalue weighted by Crippen LogP contribution is 2.29. The van der Waals surface area contributed by atoms with Crippen molar-refractivity contribution in [1.82, 2.24) is 4.90 Å². The lowest BCUT2D eigenvalue weighted by Crippen LogP contribution is -2.48. The van der Waals surface area contributed by atoms with Crippen LogP contribution in [0, 0.1) is 0 Å². The molecule has 4 nitrogen and oxygen atoms in total. The number of nitrogens with zero attached hydrogens (tertiary/aromatic N) is 1. The lowest BCUT2D eigenvalue weighted by Gasteiger charge is -2.35. The van der Waals surface area contributed by atoms with Crippen LogP contribution >= 0.6 is 0 Å². The van der Waals surface area contributed by atoms with Crippen LogP contribution in [-0.4, -0.2) is 34.6 Å². The Bertz CT molecular complexity index is 440. The molecule has 0 unspecified atom stereocenters. The Kier molecular flexibility index (Phi) is 3.80. The van der Waals surface area contributed by atoms with Gasteiger partial charge in [-0.15, -0.1) is 0 Å². The summed E-state index contributed by atoms with van der Waals surface area (Å²) < 4.78 is 0. The van der Waals surface area contributed by atoms with Crippen molar-refractivity contribution in [2.75, 3.05) is 18.8 Å².